The first kappa shape index (κ1) is 15.5. The standard InChI is InChI=1S/C15H14BrIN4O/c1-7-5-11(8(2)4-9(7)17)21-19-10-6-12(22-3)14(18)13(16)15(10)20-21/h4-6H,18H2,1-3H3. The van der Waals surface area contributed by atoms with E-state index in [9.17, 15) is 0 Å². The molecule has 0 fully saturated rings. The van der Waals surface area contributed by atoms with E-state index >= 15 is 0 Å². The second-order valence-electron chi connectivity index (χ2n) is 5.05. The Balaban J connectivity index is 2.26. The van der Waals surface area contributed by atoms with Crippen LogP contribution >= 0.6 is 38.5 Å². The number of halogens is 2. The highest BCUT2D eigenvalue weighted by Crippen LogP contribution is 2.36. The van der Waals surface area contributed by atoms with Crippen molar-refractivity contribution in [3.8, 4) is 11.4 Å². The van der Waals surface area contributed by atoms with Crippen LogP contribution in [0.3, 0.4) is 0 Å². The zero-order valence-corrected chi connectivity index (χ0v) is 16.1. The van der Waals surface area contributed by atoms with E-state index in [1.165, 1.54) is 9.13 Å². The van der Waals surface area contributed by atoms with Crippen molar-refractivity contribution in [2.75, 3.05) is 12.8 Å². The lowest BCUT2D eigenvalue weighted by atomic mass is 10.1. The van der Waals surface area contributed by atoms with Crippen LogP contribution in [0.5, 0.6) is 5.75 Å². The molecule has 0 amide bonds. The van der Waals surface area contributed by atoms with Gasteiger partial charge in [-0.05, 0) is 75.6 Å². The van der Waals surface area contributed by atoms with Gasteiger partial charge in [-0.25, -0.2) is 0 Å². The number of hydrogen-bond acceptors (Lipinski definition) is 4. The van der Waals surface area contributed by atoms with Gasteiger partial charge in [0.15, 0.2) is 0 Å². The molecule has 114 valence electrons. The van der Waals surface area contributed by atoms with Crippen LogP contribution in [-0.4, -0.2) is 22.1 Å². The minimum atomic E-state index is 0.526. The number of nitrogens with zero attached hydrogens (tertiary/aromatic N) is 3. The average Bonchev–Trinajstić information content (AvgIpc) is 2.90. The Hall–Kier alpha value is -1.35. The SMILES string of the molecule is COc1cc2nn(-c3cc(C)c(I)cc3C)nc2c(Br)c1N. The van der Waals surface area contributed by atoms with E-state index in [1.807, 2.05) is 0 Å². The Kier molecular flexibility index (Phi) is 4.02. The summed E-state index contributed by atoms with van der Waals surface area (Å²) in [7, 11) is 1.58. The molecule has 0 radical (unpaired) electrons. The van der Waals surface area contributed by atoms with E-state index in [1.54, 1.807) is 18.0 Å². The molecule has 0 saturated carbocycles. The molecule has 0 unspecified atom stereocenters. The van der Waals surface area contributed by atoms with Crippen molar-refractivity contribution in [2.24, 2.45) is 0 Å². The maximum atomic E-state index is 6.03. The summed E-state index contributed by atoms with van der Waals surface area (Å²) in [6, 6.07) is 6.02. The van der Waals surface area contributed by atoms with Crippen molar-refractivity contribution in [2.45, 2.75) is 13.8 Å². The van der Waals surface area contributed by atoms with Gasteiger partial charge in [-0.1, -0.05) is 0 Å². The van der Waals surface area contributed by atoms with Crippen LogP contribution in [0, 0.1) is 17.4 Å². The smallest absolute Gasteiger partial charge is 0.145 e. The van der Waals surface area contributed by atoms with Crippen molar-refractivity contribution in [1.29, 1.82) is 0 Å². The minimum absolute atomic E-state index is 0.526. The third-order valence-corrected chi connectivity index (χ3v) is 5.49. The number of aryl methyl sites for hydroxylation is 2. The van der Waals surface area contributed by atoms with Crippen molar-refractivity contribution in [1.82, 2.24) is 15.0 Å². The highest BCUT2D eigenvalue weighted by atomic mass is 127. The van der Waals surface area contributed by atoms with Gasteiger partial charge in [-0.2, -0.15) is 4.80 Å². The summed E-state index contributed by atoms with van der Waals surface area (Å²) in [5, 5.41) is 9.13. The first-order valence-electron chi connectivity index (χ1n) is 6.58. The van der Waals surface area contributed by atoms with Crippen LogP contribution in [-0.2, 0) is 0 Å². The van der Waals surface area contributed by atoms with Crippen molar-refractivity contribution < 1.29 is 4.74 Å². The fourth-order valence-corrected chi connectivity index (χ4v) is 3.37. The van der Waals surface area contributed by atoms with Gasteiger partial charge in [-0.15, -0.1) is 10.2 Å². The largest absolute Gasteiger partial charge is 0.494 e. The third kappa shape index (κ3) is 2.45. The van der Waals surface area contributed by atoms with Crippen LogP contribution in [0.1, 0.15) is 11.1 Å². The Morgan fingerprint density at radius 3 is 2.59 bits per heavy atom. The molecule has 0 aliphatic rings. The molecule has 22 heavy (non-hydrogen) atoms. The maximum Gasteiger partial charge on any atom is 0.145 e. The molecule has 3 aromatic rings. The lowest BCUT2D eigenvalue weighted by molar-refractivity contribution is 0.417. The molecule has 0 aliphatic carbocycles. The molecule has 0 spiro atoms. The summed E-state index contributed by atoms with van der Waals surface area (Å²) < 4.78 is 7.20. The maximum absolute atomic E-state index is 6.03. The van der Waals surface area contributed by atoms with Crippen LogP contribution in [0.2, 0.25) is 0 Å². The van der Waals surface area contributed by atoms with Crippen LogP contribution in [0.25, 0.3) is 16.7 Å². The Morgan fingerprint density at radius 2 is 1.91 bits per heavy atom. The van der Waals surface area contributed by atoms with Gasteiger partial charge in [0.2, 0.25) is 0 Å². The second-order valence-corrected chi connectivity index (χ2v) is 7.01. The summed E-state index contributed by atoms with van der Waals surface area (Å²) in [5.41, 5.74) is 11.3. The summed E-state index contributed by atoms with van der Waals surface area (Å²) in [6.07, 6.45) is 0. The van der Waals surface area contributed by atoms with Gasteiger partial charge in [0.1, 0.15) is 16.8 Å². The highest BCUT2D eigenvalue weighted by Gasteiger charge is 2.16. The number of rotatable bonds is 2. The molecular formula is C15H14BrIN4O. The van der Waals surface area contributed by atoms with E-state index in [0.29, 0.717) is 21.4 Å². The summed E-state index contributed by atoms with van der Waals surface area (Å²) in [6.45, 7) is 4.12. The molecule has 1 aromatic heterocycles. The van der Waals surface area contributed by atoms with Crippen molar-refractivity contribution >= 4 is 55.2 Å². The number of anilines is 1. The molecule has 2 aromatic carbocycles. The minimum Gasteiger partial charge on any atom is -0.494 e. The monoisotopic (exact) mass is 472 g/mol. The highest BCUT2D eigenvalue weighted by molar-refractivity contribution is 14.1. The molecule has 2 N–H and O–H groups in total. The van der Waals surface area contributed by atoms with Gasteiger partial charge in [0.05, 0.1) is 23.0 Å². The van der Waals surface area contributed by atoms with E-state index in [0.717, 1.165) is 16.8 Å². The lowest BCUT2D eigenvalue weighted by Gasteiger charge is -2.07. The van der Waals surface area contributed by atoms with Crippen molar-refractivity contribution in [3.05, 3.63) is 37.4 Å². The molecule has 5 nitrogen and oxygen atoms in total. The molecule has 0 aliphatic heterocycles. The van der Waals surface area contributed by atoms with Crippen LogP contribution in [0.15, 0.2) is 22.7 Å². The van der Waals surface area contributed by atoms with E-state index in [-0.39, 0.29) is 0 Å². The van der Waals surface area contributed by atoms with E-state index in [2.05, 4.69) is 74.7 Å². The number of fused-ring (bicyclic) bond motifs is 1. The summed E-state index contributed by atoms with van der Waals surface area (Å²) >= 11 is 5.81. The van der Waals surface area contributed by atoms with Crippen molar-refractivity contribution in [3.63, 3.8) is 0 Å². The first-order valence-corrected chi connectivity index (χ1v) is 8.45. The Morgan fingerprint density at radius 1 is 1.18 bits per heavy atom. The van der Waals surface area contributed by atoms with Gasteiger partial charge in [-0.3, -0.25) is 0 Å². The lowest BCUT2D eigenvalue weighted by Crippen LogP contribution is -2.02. The first-order chi connectivity index (χ1) is 10.4. The zero-order valence-electron chi connectivity index (χ0n) is 12.3. The molecule has 0 saturated heterocycles. The third-order valence-electron chi connectivity index (χ3n) is 3.53. The predicted molar refractivity (Wildman–Crippen MR) is 99.7 cm³/mol. The normalized spacial score (nSPS) is 11.1. The van der Waals surface area contributed by atoms with Gasteiger partial charge < -0.3 is 10.5 Å². The molecule has 0 bridgehead atoms. The fourth-order valence-electron chi connectivity index (χ4n) is 2.27. The average molecular weight is 473 g/mol. The number of methoxy groups -OCH3 is 1. The summed E-state index contributed by atoms with van der Waals surface area (Å²) in [5.74, 6) is 0.585. The zero-order chi connectivity index (χ0) is 16.0. The second kappa shape index (κ2) is 5.69. The van der Waals surface area contributed by atoms with Gasteiger partial charge in [0.25, 0.3) is 0 Å². The summed E-state index contributed by atoms with van der Waals surface area (Å²) in [4.78, 5) is 1.65. The molecule has 7 heteroatoms. The topological polar surface area (TPSA) is 66.0 Å². The molecular weight excluding hydrogens is 459 g/mol. The van der Waals surface area contributed by atoms with Gasteiger partial charge in [0, 0.05) is 9.64 Å². The van der Waals surface area contributed by atoms with E-state index in [4.69, 9.17) is 10.5 Å². The Bertz CT molecular complexity index is 891. The number of nitrogen functional groups attached to an aromatic ring is 1. The molecule has 3 rings (SSSR count). The quantitative estimate of drug-likeness (QED) is 0.452. The fraction of sp³-hybridized carbons (Fsp3) is 0.200. The molecule has 0 atom stereocenters. The molecule has 1 heterocycles. The number of hydrogen-bond donors (Lipinski definition) is 1. The van der Waals surface area contributed by atoms with Crippen LogP contribution in [0.4, 0.5) is 5.69 Å². The van der Waals surface area contributed by atoms with Gasteiger partial charge >= 0.3 is 0 Å². The number of ether oxygens (including phenoxy) is 1. The number of aromatic nitrogens is 3. The predicted octanol–water partition coefficient (Wildman–Crippen LogP) is 4.00. The van der Waals surface area contributed by atoms with Crippen LogP contribution < -0.4 is 10.5 Å². The number of nitrogens with two attached hydrogens (primary N) is 1. The van der Waals surface area contributed by atoms with E-state index < -0.39 is 0 Å². The number of benzene rings is 2. The Labute approximate surface area is 150 Å².